The Balaban J connectivity index is 2.46. The summed E-state index contributed by atoms with van der Waals surface area (Å²) in [5.74, 6) is 0.650. The van der Waals surface area contributed by atoms with E-state index in [1.165, 1.54) is 5.56 Å². The van der Waals surface area contributed by atoms with Crippen molar-refractivity contribution in [3.05, 3.63) is 53.6 Å². The molecule has 0 spiro atoms. The van der Waals surface area contributed by atoms with Crippen LogP contribution in [0.15, 0.2) is 42.5 Å². The molecule has 19 heavy (non-hydrogen) atoms. The molecular formula is C17H17NO. The molecule has 0 aromatic heterocycles. The maximum absolute atomic E-state index is 9.11. The average molecular weight is 251 g/mol. The second kappa shape index (κ2) is 5.58. The SMILES string of the molecule is Cc1cccc(-c2ccc(C#N)c(OC(C)C)c2)c1. The molecule has 0 aliphatic heterocycles. The monoisotopic (exact) mass is 251 g/mol. The molecule has 0 aliphatic carbocycles. The highest BCUT2D eigenvalue weighted by Crippen LogP contribution is 2.28. The highest BCUT2D eigenvalue weighted by Gasteiger charge is 2.08. The summed E-state index contributed by atoms with van der Waals surface area (Å²) in [5, 5.41) is 9.11. The van der Waals surface area contributed by atoms with Gasteiger partial charge in [-0.05, 0) is 44.0 Å². The Morgan fingerprint density at radius 1 is 1.05 bits per heavy atom. The minimum atomic E-state index is 0.0554. The van der Waals surface area contributed by atoms with E-state index in [0.29, 0.717) is 11.3 Å². The summed E-state index contributed by atoms with van der Waals surface area (Å²) >= 11 is 0. The maximum atomic E-state index is 9.11. The largest absolute Gasteiger partial charge is 0.490 e. The van der Waals surface area contributed by atoms with Crippen LogP contribution in [0.25, 0.3) is 11.1 Å². The zero-order valence-corrected chi connectivity index (χ0v) is 11.5. The number of ether oxygens (including phenoxy) is 1. The lowest BCUT2D eigenvalue weighted by Crippen LogP contribution is -2.06. The number of aryl methyl sites for hydroxylation is 1. The van der Waals surface area contributed by atoms with Crippen molar-refractivity contribution in [2.24, 2.45) is 0 Å². The van der Waals surface area contributed by atoms with Crippen molar-refractivity contribution < 1.29 is 4.74 Å². The van der Waals surface area contributed by atoms with Crippen LogP contribution < -0.4 is 4.74 Å². The molecule has 2 rings (SSSR count). The average Bonchev–Trinajstić information content (AvgIpc) is 2.38. The van der Waals surface area contributed by atoms with E-state index < -0.39 is 0 Å². The fraction of sp³-hybridized carbons (Fsp3) is 0.235. The number of nitrogens with zero attached hydrogens (tertiary/aromatic N) is 1. The molecular weight excluding hydrogens is 234 g/mol. The fourth-order valence-electron chi connectivity index (χ4n) is 1.97. The van der Waals surface area contributed by atoms with Crippen molar-refractivity contribution in [3.8, 4) is 22.9 Å². The molecule has 96 valence electrons. The van der Waals surface area contributed by atoms with Crippen molar-refractivity contribution in [2.45, 2.75) is 26.9 Å². The molecule has 0 radical (unpaired) electrons. The molecule has 2 nitrogen and oxygen atoms in total. The summed E-state index contributed by atoms with van der Waals surface area (Å²) in [7, 11) is 0. The minimum absolute atomic E-state index is 0.0554. The molecule has 0 saturated carbocycles. The van der Waals surface area contributed by atoms with Gasteiger partial charge in [-0.2, -0.15) is 5.26 Å². The van der Waals surface area contributed by atoms with Crippen molar-refractivity contribution >= 4 is 0 Å². The Morgan fingerprint density at radius 2 is 1.79 bits per heavy atom. The summed E-state index contributed by atoms with van der Waals surface area (Å²) < 4.78 is 5.71. The van der Waals surface area contributed by atoms with Crippen LogP contribution in [0, 0.1) is 18.3 Å². The van der Waals surface area contributed by atoms with Gasteiger partial charge in [0, 0.05) is 0 Å². The highest BCUT2D eigenvalue weighted by atomic mass is 16.5. The quantitative estimate of drug-likeness (QED) is 0.813. The van der Waals surface area contributed by atoms with Gasteiger partial charge in [0.05, 0.1) is 11.7 Å². The first kappa shape index (κ1) is 13.2. The minimum Gasteiger partial charge on any atom is -0.490 e. The van der Waals surface area contributed by atoms with Gasteiger partial charge in [0.25, 0.3) is 0 Å². The van der Waals surface area contributed by atoms with Crippen LogP contribution in [0.4, 0.5) is 0 Å². The Hall–Kier alpha value is -2.27. The molecule has 0 saturated heterocycles. The van der Waals surface area contributed by atoms with Crippen molar-refractivity contribution in [1.82, 2.24) is 0 Å². The Bertz CT molecular complexity index is 623. The smallest absolute Gasteiger partial charge is 0.138 e. The second-order valence-corrected chi connectivity index (χ2v) is 4.86. The highest BCUT2D eigenvalue weighted by molar-refractivity contribution is 5.67. The van der Waals surface area contributed by atoms with E-state index >= 15 is 0 Å². The van der Waals surface area contributed by atoms with Gasteiger partial charge in [-0.1, -0.05) is 35.9 Å². The first-order valence-electron chi connectivity index (χ1n) is 6.38. The standard InChI is InChI=1S/C17H17NO/c1-12(2)19-17-10-15(7-8-16(17)11-18)14-6-4-5-13(3)9-14/h4-10,12H,1-3H3. The van der Waals surface area contributed by atoms with Crippen LogP contribution in [0.3, 0.4) is 0 Å². The summed E-state index contributed by atoms with van der Waals surface area (Å²) in [5.41, 5.74) is 4.00. The van der Waals surface area contributed by atoms with E-state index in [1.807, 2.05) is 38.1 Å². The molecule has 0 aliphatic rings. The molecule has 2 heteroatoms. The lowest BCUT2D eigenvalue weighted by atomic mass is 10.0. The van der Waals surface area contributed by atoms with Gasteiger partial charge in [-0.25, -0.2) is 0 Å². The second-order valence-electron chi connectivity index (χ2n) is 4.86. The summed E-state index contributed by atoms with van der Waals surface area (Å²) in [6.07, 6.45) is 0.0554. The molecule has 0 fully saturated rings. The van der Waals surface area contributed by atoms with E-state index in [0.717, 1.165) is 11.1 Å². The zero-order chi connectivity index (χ0) is 13.8. The van der Waals surface area contributed by atoms with Gasteiger partial charge < -0.3 is 4.74 Å². The van der Waals surface area contributed by atoms with E-state index in [9.17, 15) is 0 Å². The van der Waals surface area contributed by atoms with Gasteiger partial charge in [0.2, 0.25) is 0 Å². The van der Waals surface area contributed by atoms with Gasteiger partial charge in [-0.15, -0.1) is 0 Å². The van der Waals surface area contributed by atoms with E-state index in [1.54, 1.807) is 0 Å². The van der Waals surface area contributed by atoms with Crippen LogP contribution in [0.2, 0.25) is 0 Å². The van der Waals surface area contributed by atoms with Crippen LogP contribution in [-0.4, -0.2) is 6.10 Å². The number of rotatable bonds is 3. The maximum Gasteiger partial charge on any atom is 0.138 e. The van der Waals surface area contributed by atoms with Crippen molar-refractivity contribution in [2.75, 3.05) is 0 Å². The van der Waals surface area contributed by atoms with Gasteiger partial charge in [0.1, 0.15) is 11.8 Å². The van der Waals surface area contributed by atoms with Gasteiger partial charge >= 0.3 is 0 Å². The van der Waals surface area contributed by atoms with E-state index in [2.05, 4.69) is 31.2 Å². The van der Waals surface area contributed by atoms with E-state index in [-0.39, 0.29) is 6.10 Å². The molecule has 0 unspecified atom stereocenters. The van der Waals surface area contributed by atoms with Crippen LogP contribution in [0.5, 0.6) is 5.75 Å². The normalized spacial score (nSPS) is 10.3. The van der Waals surface area contributed by atoms with Crippen molar-refractivity contribution in [1.29, 1.82) is 5.26 Å². The van der Waals surface area contributed by atoms with Gasteiger partial charge in [-0.3, -0.25) is 0 Å². The molecule has 0 bridgehead atoms. The Labute approximate surface area is 114 Å². The first-order chi connectivity index (χ1) is 9.10. The first-order valence-corrected chi connectivity index (χ1v) is 6.38. The lowest BCUT2D eigenvalue weighted by Gasteiger charge is -2.13. The number of nitriles is 1. The molecule has 0 N–H and O–H groups in total. The molecule has 0 amide bonds. The van der Waals surface area contributed by atoms with Crippen LogP contribution in [0.1, 0.15) is 25.0 Å². The topological polar surface area (TPSA) is 33.0 Å². The lowest BCUT2D eigenvalue weighted by molar-refractivity contribution is 0.242. The van der Waals surface area contributed by atoms with Gasteiger partial charge in [0.15, 0.2) is 0 Å². The third kappa shape index (κ3) is 3.14. The Morgan fingerprint density at radius 3 is 2.42 bits per heavy atom. The van der Waals surface area contributed by atoms with Crippen molar-refractivity contribution in [3.63, 3.8) is 0 Å². The summed E-state index contributed by atoms with van der Waals surface area (Å²) in [6.45, 7) is 5.99. The molecule has 2 aromatic carbocycles. The number of hydrogen-bond acceptors (Lipinski definition) is 2. The number of benzene rings is 2. The van der Waals surface area contributed by atoms with E-state index in [4.69, 9.17) is 10.00 Å². The predicted octanol–water partition coefficient (Wildman–Crippen LogP) is 4.32. The summed E-state index contributed by atoms with van der Waals surface area (Å²) in [4.78, 5) is 0. The molecule has 2 aromatic rings. The van der Waals surface area contributed by atoms with Crippen LogP contribution in [-0.2, 0) is 0 Å². The third-order valence-electron chi connectivity index (χ3n) is 2.82. The van der Waals surface area contributed by atoms with Crippen LogP contribution >= 0.6 is 0 Å². The predicted molar refractivity (Wildman–Crippen MR) is 77.1 cm³/mol. The number of hydrogen-bond donors (Lipinski definition) is 0. The Kier molecular flexibility index (Phi) is 3.87. The molecule has 0 atom stereocenters. The summed E-state index contributed by atoms with van der Waals surface area (Å²) in [6, 6.07) is 16.2. The molecule has 0 heterocycles. The fourth-order valence-corrected chi connectivity index (χ4v) is 1.97. The third-order valence-corrected chi connectivity index (χ3v) is 2.82. The zero-order valence-electron chi connectivity index (χ0n) is 11.5.